The van der Waals surface area contributed by atoms with Crippen LogP contribution in [0.4, 0.5) is 23.7 Å². The first-order valence-corrected chi connectivity index (χ1v) is 8.02. The van der Waals surface area contributed by atoms with Crippen LogP contribution in [0.1, 0.15) is 37.5 Å². The van der Waals surface area contributed by atoms with E-state index in [2.05, 4.69) is 17.2 Å². The first kappa shape index (κ1) is 19.6. The third-order valence-corrected chi connectivity index (χ3v) is 3.98. The summed E-state index contributed by atoms with van der Waals surface area (Å²) in [5, 5.41) is 5.01. The second kappa shape index (κ2) is 7.23. The fourth-order valence-corrected chi connectivity index (χ4v) is 2.52. The van der Waals surface area contributed by atoms with E-state index in [-0.39, 0.29) is 5.69 Å². The summed E-state index contributed by atoms with van der Waals surface area (Å²) in [7, 11) is 0. The fraction of sp³-hybridized carbons (Fsp3) is 0.250. The Labute approximate surface area is 150 Å². The predicted octanol–water partition coefficient (Wildman–Crippen LogP) is 5.80. The highest BCUT2D eigenvalue weighted by Crippen LogP contribution is 2.34. The molecule has 26 heavy (non-hydrogen) atoms. The Bertz CT molecular complexity index is 826. The van der Waals surface area contributed by atoms with Gasteiger partial charge in [0.2, 0.25) is 0 Å². The Kier molecular flexibility index (Phi) is 5.44. The van der Waals surface area contributed by atoms with Gasteiger partial charge in [-0.05, 0) is 50.1 Å². The maximum absolute atomic E-state index is 13.0. The van der Waals surface area contributed by atoms with Crippen molar-refractivity contribution in [2.75, 3.05) is 5.32 Å². The molecule has 2 rings (SSSR count). The molecule has 138 valence electrons. The van der Waals surface area contributed by atoms with Gasteiger partial charge in [-0.1, -0.05) is 42.5 Å². The van der Waals surface area contributed by atoms with Crippen LogP contribution in [0, 0.1) is 0 Å². The van der Waals surface area contributed by atoms with Crippen molar-refractivity contribution in [1.82, 2.24) is 5.32 Å². The van der Waals surface area contributed by atoms with Gasteiger partial charge in [0.1, 0.15) is 0 Å². The number of allylic oxidation sites excluding steroid dienone is 1. The highest BCUT2D eigenvalue weighted by Gasteiger charge is 2.34. The summed E-state index contributed by atoms with van der Waals surface area (Å²) >= 11 is 0. The lowest BCUT2D eigenvalue weighted by Gasteiger charge is -2.28. The van der Waals surface area contributed by atoms with Crippen LogP contribution >= 0.6 is 0 Å². The van der Waals surface area contributed by atoms with E-state index >= 15 is 0 Å². The standard InChI is InChI=1S/C20H21F3N2O/c1-13(2)14-8-7-9-15(12-14)19(3,4)25-18(26)24-17-11-6-5-10-16(17)20(21,22)23/h5-12H,1H2,2-4H3,(H2,24,25,26). The number of anilines is 1. The van der Waals surface area contributed by atoms with Crippen LogP contribution in [0.15, 0.2) is 55.1 Å². The zero-order valence-electron chi connectivity index (χ0n) is 14.9. The van der Waals surface area contributed by atoms with Crippen molar-refractivity contribution in [2.45, 2.75) is 32.5 Å². The van der Waals surface area contributed by atoms with E-state index < -0.39 is 23.3 Å². The van der Waals surface area contributed by atoms with Gasteiger partial charge in [0, 0.05) is 0 Å². The Morgan fingerprint density at radius 1 is 1.04 bits per heavy atom. The van der Waals surface area contributed by atoms with Gasteiger partial charge in [-0.2, -0.15) is 13.2 Å². The number of benzene rings is 2. The summed E-state index contributed by atoms with van der Waals surface area (Å²) in [5.41, 5.74) is 0.660. The molecule has 0 atom stereocenters. The lowest BCUT2D eigenvalue weighted by atomic mass is 9.92. The van der Waals surface area contributed by atoms with Crippen LogP contribution < -0.4 is 10.6 Å². The second-order valence-corrected chi connectivity index (χ2v) is 6.61. The molecule has 2 amide bonds. The number of hydrogen-bond acceptors (Lipinski definition) is 1. The summed E-state index contributed by atoms with van der Waals surface area (Å²) in [6.07, 6.45) is -4.55. The predicted molar refractivity (Wildman–Crippen MR) is 97.8 cm³/mol. The average Bonchev–Trinajstić information content (AvgIpc) is 2.54. The molecule has 0 saturated heterocycles. The van der Waals surface area contributed by atoms with E-state index in [1.807, 2.05) is 31.2 Å². The third-order valence-electron chi connectivity index (χ3n) is 3.98. The van der Waals surface area contributed by atoms with Gasteiger partial charge in [-0.3, -0.25) is 0 Å². The van der Waals surface area contributed by atoms with Gasteiger partial charge in [-0.15, -0.1) is 0 Å². The number of para-hydroxylation sites is 1. The zero-order valence-corrected chi connectivity index (χ0v) is 14.9. The monoisotopic (exact) mass is 362 g/mol. The van der Waals surface area contributed by atoms with Crippen molar-refractivity contribution in [3.63, 3.8) is 0 Å². The van der Waals surface area contributed by atoms with Gasteiger partial charge in [-0.25, -0.2) is 4.79 Å². The molecular weight excluding hydrogens is 341 g/mol. The highest BCUT2D eigenvalue weighted by molar-refractivity contribution is 5.90. The van der Waals surface area contributed by atoms with E-state index in [0.717, 1.165) is 22.8 Å². The summed E-state index contributed by atoms with van der Waals surface area (Å²) < 4.78 is 39.1. The molecule has 0 bridgehead atoms. The Morgan fingerprint density at radius 3 is 2.31 bits per heavy atom. The van der Waals surface area contributed by atoms with Crippen LogP contribution in [0.3, 0.4) is 0 Å². The van der Waals surface area contributed by atoms with Gasteiger partial charge >= 0.3 is 12.2 Å². The molecule has 6 heteroatoms. The SMILES string of the molecule is C=C(C)c1cccc(C(C)(C)NC(=O)Nc2ccccc2C(F)(F)F)c1. The number of hydrogen-bond donors (Lipinski definition) is 2. The molecule has 0 aliphatic heterocycles. The number of nitrogens with one attached hydrogen (secondary N) is 2. The van der Waals surface area contributed by atoms with E-state index in [1.54, 1.807) is 13.8 Å². The fourth-order valence-electron chi connectivity index (χ4n) is 2.52. The Hall–Kier alpha value is -2.76. The van der Waals surface area contributed by atoms with Crippen molar-refractivity contribution in [2.24, 2.45) is 0 Å². The normalized spacial score (nSPS) is 11.8. The van der Waals surface area contributed by atoms with Crippen LogP contribution in [0.2, 0.25) is 0 Å². The van der Waals surface area contributed by atoms with Gasteiger partial charge in [0.05, 0.1) is 16.8 Å². The molecule has 2 aromatic carbocycles. The first-order valence-electron chi connectivity index (χ1n) is 8.02. The van der Waals surface area contributed by atoms with E-state index in [1.165, 1.54) is 18.2 Å². The van der Waals surface area contributed by atoms with Crippen molar-refractivity contribution in [3.05, 3.63) is 71.8 Å². The number of alkyl halides is 3. The van der Waals surface area contributed by atoms with Gasteiger partial charge < -0.3 is 10.6 Å². The molecule has 0 spiro atoms. The minimum absolute atomic E-state index is 0.288. The van der Waals surface area contributed by atoms with E-state index in [9.17, 15) is 18.0 Å². The maximum Gasteiger partial charge on any atom is 0.418 e. The minimum Gasteiger partial charge on any atom is -0.329 e. The van der Waals surface area contributed by atoms with Crippen molar-refractivity contribution in [1.29, 1.82) is 0 Å². The largest absolute Gasteiger partial charge is 0.418 e. The quantitative estimate of drug-likeness (QED) is 0.709. The topological polar surface area (TPSA) is 41.1 Å². The van der Waals surface area contributed by atoms with Crippen LogP contribution in [0.5, 0.6) is 0 Å². The van der Waals surface area contributed by atoms with Crippen LogP contribution in [0.25, 0.3) is 5.57 Å². The molecular formula is C20H21F3N2O. The first-order chi connectivity index (χ1) is 12.0. The van der Waals surface area contributed by atoms with Crippen molar-refractivity contribution >= 4 is 17.3 Å². The number of carbonyl (C=O) groups excluding carboxylic acids is 1. The molecule has 0 unspecified atom stereocenters. The number of urea groups is 1. The summed E-state index contributed by atoms with van der Waals surface area (Å²) in [6.45, 7) is 9.32. The molecule has 0 heterocycles. The third kappa shape index (κ3) is 4.65. The Balaban J connectivity index is 2.20. The number of rotatable bonds is 4. The molecule has 2 N–H and O–H groups in total. The molecule has 0 saturated carbocycles. The molecule has 2 aromatic rings. The highest BCUT2D eigenvalue weighted by atomic mass is 19.4. The summed E-state index contributed by atoms with van der Waals surface area (Å²) in [6, 6.07) is 11.6. The minimum atomic E-state index is -4.55. The van der Waals surface area contributed by atoms with Crippen molar-refractivity contribution in [3.8, 4) is 0 Å². The maximum atomic E-state index is 13.0. The molecule has 0 aromatic heterocycles. The number of carbonyl (C=O) groups is 1. The molecule has 0 aliphatic rings. The summed E-state index contributed by atoms with van der Waals surface area (Å²) in [5.74, 6) is 0. The Morgan fingerprint density at radius 2 is 1.69 bits per heavy atom. The molecule has 0 radical (unpaired) electrons. The van der Waals surface area contributed by atoms with Gasteiger partial charge in [0.25, 0.3) is 0 Å². The lowest BCUT2D eigenvalue weighted by Crippen LogP contribution is -2.43. The van der Waals surface area contributed by atoms with Crippen LogP contribution in [-0.4, -0.2) is 6.03 Å². The van der Waals surface area contributed by atoms with Crippen LogP contribution in [-0.2, 0) is 11.7 Å². The number of amides is 2. The van der Waals surface area contributed by atoms with Gasteiger partial charge in [0.15, 0.2) is 0 Å². The molecule has 0 fully saturated rings. The smallest absolute Gasteiger partial charge is 0.329 e. The van der Waals surface area contributed by atoms with E-state index in [4.69, 9.17) is 0 Å². The van der Waals surface area contributed by atoms with Crippen molar-refractivity contribution < 1.29 is 18.0 Å². The molecule has 0 aliphatic carbocycles. The number of halogens is 3. The average molecular weight is 362 g/mol. The van der Waals surface area contributed by atoms with E-state index in [0.29, 0.717) is 0 Å². The lowest BCUT2D eigenvalue weighted by molar-refractivity contribution is -0.136. The zero-order chi connectivity index (χ0) is 19.5. The molecule has 3 nitrogen and oxygen atoms in total. The summed E-state index contributed by atoms with van der Waals surface area (Å²) in [4.78, 5) is 12.3. The second-order valence-electron chi connectivity index (χ2n) is 6.61.